The van der Waals surface area contributed by atoms with Crippen molar-refractivity contribution in [2.24, 2.45) is 5.92 Å². The van der Waals surface area contributed by atoms with Gasteiger partial charge in [0.1, 0.15) is 12.3 Å². The van der Waals surface area contributed by atoms with Gasteiger partial charge in [-0.15, -0.1) is 5.10 Å². The van der Waals surface area contributed by atoms with Gasteiger partial charge in [0.05, 0.1) is 5.56 Å². The van der Waals surface area contributed by atoms with Crippen LogP contribution in [0.4, 0.5) is 5.69 Å². The summed E-state index contributed by atoms with van der Waals surface area (Å²) in [6, 6.07) is 11.7. The minimum absolute atomic E-state index is 0.0357. The number of fused-ring (bicyclic) bond motifs is 1. The predicted molar refractivity (Wildman–Crippen MR) is 127 cm³/mol. The number of ether oxygens (including phenoxy) is 1. The molecule has 3 heterocycles. The van der Waals surface area contributed by atoms with E-state index >= 15 is 0 Å². The molecule has 7 nitrogen and oxygen atoms in total. The van der Waals surface area contributed by atoms with E-state index in [-0.39, 0.29) is 17.8 Å². The fourth-order valence-electron chi connectivity index (χ4n) is 4.63. The van der Waals surface area contributed by atoms with Gasteiger partial charge in [0.15, 0.2) is 0 Å². The summed E-state index contributed by atoms with van der Waals surface area (Å²) in [5, 5.41) is 9.04. The Morgan fingerprint density at radius 2 is 1.97 bits per heavy atom. The molecule has 0 spiro atoms. The number of piperidine rings is 1. The molecule has 0 bridgehead atoms. The minimum Gasteiger partial charge on any atom is -0.457 e. The van der Waals surface area contributed by atoms with Crippen LogP contribution >= 0.6 is 11.5 Å². The highest BCUT2D eigenvalue weighted by Crippen LogP contribution is 2.27. The molecule has 0 unspecified atom stereocenters. The van der Waals surface area contributed by atoms with Crippen LogP contribution in [0.25, 0.3) is 11.3 Å². The van der Waals surface area contributed by atoms with E-state index < -0.39 is 0 Å². The molecule has 2 aliphatic rings. The molecular formula is C25H26N4O3S. The van der Waals surface area contributed by atoms with Crippen LogP contribution in [0.2, 0.25) is 0 Å². The third-order valence-electron chi connectivity index (χ3n) is 6.74. The van der Waals surface area contributed by atoms with Gasteiger partial charge in [-0.1, -0.05) is 22.7 Å². The fraction of sp³-hybridized carbons (Fsp3) is 0.360. The third-order valence-corrected chi connectivity index (χ3v) is 7.25. The second-order valence-corrected chi connectivity index (χ2v) is 9.28. The van der Waals surface area contributed by atoms with Crippen LogP contribution < -0.4 is 5.32 Å². The minimum atomic E-state index is -0.215. The van der Waals surface area contributed by atoms with Crippen molar-refractivity contribution in [1.29, 1.82) is 0 Å². The molecule has 1 aromatic heterocycles. The Morgan fingerprint density at radius 1 is 1.18 bits per heavy atom. The SMILES string of the molecule is Cc1c(CCN2CCC(C(=O)Nc3ccc(-c4csnn4)cc3)CC2)ccc2c1COC2=O. The van der Waals surface area contributed by atoms with Crippen LogP contribution in [0.5, 0.6) is 0 Å². The second kappa shape index (κ2) is 9.41. The maximum absolute atomic E-state index is 12.8. The van der Waals surface area contributed by atoms with Gasteiger partial charge >= 0.3 is 5.97 Å². The molecule has 0 radical (unpaired) electrons. The Bertz CT molecular complexity index is 1150. The zero-order valence-electron chi connectivity index (χ0n) is 18.5. The Labute approximate surface area is 196 Å². The van der Waals surface area contributed by atoms with Crippen molar-refractivity contribution in [3.63, 3.8) is 0 Å². The molecule has 2 aromatic carbocycles. The van der Waals surface area contributed by atoms with Crippen molar-refractivity contribution < 1.29 is 14.3 Å². The monoisotopic (exact) mass is 462 g/mol. The number of rotatable bonds is 6. The molecule has 0 saturated carbocycles. The Balaban J connectivity index is 1.10. The van der Waals surface area contributed by atoms with E-state index in [1.165, 1.54) is 22.7 Å². The van der Waals surface area contributed by atoms with Crippen LogP contribution in [-0.4, -0.2) is 46.0 Å². The van der Waals surface area contributed by atoms with Crippen molar-refractivity contribution in [2.75, 3.05) is 25.0 Å². The van der Waals surface area contributed by atoms with Crippen molar-refractivity contribution >= 4 is 29.1 Å². The number of esters is 1. The molecule has 33 heavy (non-hydrogen) atoms. The number of hydrogen-bond donors (Lipinski definition) is 1. The van der Waals surface area contributed by atoms with Gasteiger partial charge in [-0.2, -0.15) is 0 Å². The Kier molecular flexibility index (Phi) is 6.20. The van der Waals surface area contributed by atoms with Crippen LogP contribution in [0, 0.1) is 12.8 Å². The van der Waals surface area contributed by atoms with Crippen LogP contribution in [0.15, 0.2) is 41.8 Å². The number of hydrogen-bond acceptors (Lipinski definition) is 7. The number of carbonyl (C=O) groups is 2. The van der Waals surface area contributed by atoms with Crippen LogP contribution in [-0.2, 0) is 22.6 Å². The van der Waals surface area contributed by atoms with Crippen molar-refractivity contribution in [3.05, 3.63) is 64.0 Å². The summed E-state index contributed by atoms with van der Waals surface area (Å²) in [6.45, 7) is 5.25. The second-order valence-electron chi connectivity index (χ2n) is 8.67. The number of cyclic esters (lactones) is 1. The molecule has 1 fully saturated rings. The van der Waals surface area contributed by atoms with Crippen molar-refractivity contribution in [3.8, 4) is 11.3 Å². The lowest BCUT2D eigenvalue weighted by molar-refractivity contribution is -0.121. The molecule has 0 aliphatic carbocycles. The number of anilines is 1. The van der Waals surface area contributed by atoms with E-state index in [2.05, 4.69) is 32.8 Å². The van der Waals surface area contributed by atoms with Gasteiger partial charge in [0, 0.05) is 34.7 Å². The lowest BCUT2D eigenvalue weighted by atomic mass is 9.94. The zero-order chi connectivity index (χ0) is 22.8. The Morgan fingerprint density at radius 3 is 2.70 bits per heavy atom. The van der Waals surface area contributed by atoms with Crippen molar-refractivity contribution in [2.45, 2.75) is 32.8 Å². The van der Waals surface area contributed by atoms with E-state index in [1.807, 2.05) is 35.7 Å². The summed E-state index contributed by atoms with van der Waals surface area (Å²) >= 11 is 1.32. The first-order valence-electron chi connectivity index (χ1n) is 11.3. The number of aromatic nitrogens is 2. The molecule has 0 atom stereocenters. The lowest BCUT2D eigenvalue weighted by Gasteiger charge is -2.31. The predicted octanol–water partition coefficient (Wildman–Crippen LogP) is 4.08. The molecule has 3 aromatic rings. The first kappa shape index (κ1) is 21.7. The van der Waals surface area contributed by atoms with Crippen LogP contribution in [0.3, 0.4) is 0 Å². The van der Waals surface area contributed by atoms with E-state index in [0.29, 0.717) is 12.2 Å². The fourth-order valence-corrected chi connectivity index (χ4v) is 5.09. The normalized spacial score (nSPS) is 16.5. The first-order chi connectivity index (χ1) is 16.1. The van der Waals surface area contributed by atoms with E-state index in [4.69, 9.17) is 4.74 Å². The van der Waals surface area contributed by atoms with E-state index in [0.717, 1.165) is 61.4 Å². The smallest absolute Gasteiger partial charge is 0.338 e. The largest absolute Gasteiger partial charge is 0.457 e. The summed E-state index contributed by atoms with van der Waals surface area (Å²) in [7, 11) is 0. The number of nitrogens with zero attached hydrogens (tertiary/aromatic N) is 3. The number of amides is 1. The first-order valence-corrected chi connectivity index (χ1v) is 12.1. The molecule has 5 rings (SSSR count). The highest BCUT2D eigenvalue weighted by molar-refractivity contribution is 7.03. The standard InChI is InChI=1S/C25H26N4O3S/c1-16-17(4-7-21-22(16)14-32-25(21)31)8-11-29-12-9-19(10-13-29)24(30)26-20-5-2-18(3-6-20)23-15-33-28-27-23/h2-7,15,19H,8-14H2,1H3,(H,26,30). The number of nitrogens with one attached hydrogen (secondary N) is 1. The molecule has 2 aliphatic heterocycles. The summed E-state index contributed by atoms with van der Waals surface area (Å²) in [5.41, 5.74) is 6.83. The molecular weight excluding hydrogens is 436 g/mol. The number of carbonyl (C=O) groups excluding carboxylic acids is 2. The maximum atomic E-state index is 12.8. The quantitative estimate of drug-likeness (QED) is 0.556. The van der Waals surface area contributed by atoms with Crippen LogP contribution in [0.1, 0.15) is 39.9 Å². The molecule has 1 N–H and O–H groups in total. The average molecular weight is 463 g/mol. The molecule has 1 saturated heterocycles. The summed E-state index contributed by atoms with van der Waals surface area (Å²) in [6.07, 6.45) is 2.66. The zero-order valence-corrected chi connectivity index (χ0v) is 19.4. The molecule has 8 heteroatoms. The highest BCUT2D eigenvalue weighted by atomic mass is 32.1. The van der Waals surface area contributed by atoms with Gasteiger partial charge in [0.25, 0.3) is 0 Å². The molecule has 1 amide bonds. The summed E-state index contributed by atoms with van der Waals surface area (Å²) < 4.78 is 9.05. The van der Waals surface area contributed by atoms with Gasteiger partial charge in [0.2, 0.25) is 5.91 Å². The topological polar surface area (TPSA) is 84.4 Å². The summed E-state index contributed by atoms with van der Waals surface area (Å²) in [5.74, 6) is -0.0851. The van der Waals surface area contributed by atoms with E-state index in [9.17, 15) is 9.59 Å². The van der Waals surface area contributed by atoms with Gasteiger partial charge < -0.3 is 15.0 Å². The molecule has 170 valence electrons. The van der Waals surface area contributed by atoms with E-state index in [1.54, 1.807) is 0 Å². The van der Waals surface area contributed by atoms with Crippen molar-refractivity contribution in [1.82, 2.24) is 14.5 Å². The average Bonchev–Trinajstić information content (AvgIpc) is 3.50. The summed E-state index contributed by atoms with van der Waals surface area (Å²) in [4.78, 5) is 26.9. The number of likely N-dealkylation sites (tertiary alicyclic amines) is 1. The Hall–Kier alpha value is -3.10. The third kappa shape index (κ3) is 4.67. The maximum Gasteiger partial charge on any atom is 0.338 e. The van der Waals surface area contributed by atoms with Gasteiger partial charge in [-0.25, -0.2) is 4.79 Å². The van der Waals surface area contributed by atoms with Gasteiger partial charge in [-0.05, 0) is 80.1 Å². The number of benzene rings is 2. The lowest BCUT2D eigenvalue weighted by Crippen LogP contribution is -2.39. The highest BCUT2D eigenvalue weighted by Gasteiger charge is 2.26. The van der Waals surface area contributed by atoms with Gasteiger partial charge in [-0.3, -0.25) is 4.79 Å².